The van der Waals surface area contributed by atoms with Crippen LogP contribution in [0.2, 0.25) is 0 Å². The van der Waals surface area contributed by atoms with Crippen LogP contribution in [0.15, 0.2) is 36.7 Å². The minimum Gasteiger partial charge on any atom is -0.365 e. The highest BCUT2D eigenvalue weighted by atomic mass is 16.5. The lowest BCUT2D eigenvalue weighted by molar-refractivity contribution is 0.00257. The fraction of sp³-hybridized carbons (Fsp3) is 0.308. The third kappa shape index (κ3) is 1.85. The summed E-state index contributed by atoms with van der Waals surface area (Å²) in [6.07, 6.45) is 1.97. The Bertz CT molecular complexity index is 507. The summed E-state index contributed by atoms with van der Waals surface area (Å²) in [6.45, 7) is 1.88. The number of rotatable bonds is 2. The largest absolute Gasteiger partial charge is 0.365 e. The Morgan fingerprint density at radius 3 is 2.94 bits per heavy atom. The Morgan fingerprint density at radius 2 is 2.18 bits per heavy atom. The molecule has 1 aliphatic heterocycles. The van der Waals surface area contributed by atoms with Crippen molar-refractivity contribution in [3.8, 4) is 0 Å². The summed E-state index contributed by atoms with van der Waals surface area (Å²) < 4.78 is 8.02. The maximum atomic E-state index is 5.87. The van der Waals surface area contributed by atoms with Gasteiger partial charge in [-0.25, -0.2) is 4.98 Å². The van der Waals surface area contributed by atoms with E-state index in [1.165, 1.54) is 5.56 Å². The number of benzene rings is 1. The van der Waals surface area contributed by atoms with Crippen LogP contribution in [0.4, 0.5) is 0 Å². The molecule has 4 heteroatoms. The van der Waals surface area contributed by atoms with E-state index >= 15 is 0 Å². The summed E-state index contributed by atoms with van der Waals surface area (Å²) in [7, 11) is 0. The standard InChI is InChI=1S/C13H15N3O/c14-6-11-12-8-17-13(7-16(12)9-15-11)10-4-2-1-3-5-10/h1-5,9,13H,6-8,14H2. The fourth-order valence-corrected chi connectivity index (χ4v) is 2.22. The lowest BCUT2D eigenvalue weighted by atomic mass is 10.1. The molecule has 0 radical (unpaired) electrons. The zero-order chi connectivity index (χ0) is 11.7. The first kappa shape index (κ1) is 10.5. The maximum absolute atomic E-state index is 5.87. The number of nitrogens with two attached hydrogens (primary N) is 1. The molecule has 0 spiro atoms. The van der Waals surface area contributed by atoms with Crippen molar-refractivity contribution in [3.05, 3.63) is 53.6 Å². The van der Waals surface area contributed by atoms with E-state index in [9.17, 15) is 0 Å². The van der Waals surface area contributed by atoms with Gasteiger partial charge in [0.25, 0.3) is 0 Å². The van der Waals surface area contributed by atoms with Crippen molar-refractivity contribution in [1.29, 1.82) is 0 Å². The number of imidazole rings is 1. The van der Waals surface area contributed by atoms with Gasteiger partial charge in [0, 0.05) is 6.54 Å². The second kappa shape index (κ2) is 4.31. The van der Waals surface area contributed by atoms with E-state index in [1.807, 2.05) is 24.5 Å². The summed E-state index contributed by atoms with van der Waals surface area (Å²) in [5.41, 5.74) is 8.89. The Balaban J connectivity index is 1.86. The number of aromatic nitrogens is 2. The molecule has 88 valence electrons. The Labute approximate surface area is 100 Å². The molecule has 17 heavy (non-hydrogen) atoms. The topological polar surface area (TPSA) is 53.1 Å². The average molecular weight is 229 g/mol. The molecule has 0 saturated carbocycles. The van der Waals surface area contributed by atoms with Crippen molar-refractivity contribution in [2.45, 2.75) is 25.8 Å². The molecule has 1 aliphatic rings. The van der Waals surface area contributed by atoms with Crippen LogP contribution in [0.25, 0.3) is 0 Å². The van der Waals surface area contributed by atoms with Gasteiger partial charge in [0.1, 0.15) is 6.10 Å². The highest BCUT2D eigenvalue weighted by Crippen LogP contribution is 2.27. The van der Waals surface area contributed by atoms with Gasteiger partial charge in [0.15, 0.2) is 0 Å². The highest BCUT2D eigenvalue weighted by Gasteiger charge is 2.22. The molecular formula is C13H15N3O. The molecule has 3 rings (SSSR count). The number of fused-ring (bicyclic) bond motifs is 1. The molecule has 1 aromatic carbocycles. The molecule has 2 N–H and O–H groups in total. The van der Waals surface area contributed by atoms with Crippen LogP contribution in [-0.2, 0) is 24.4 Å². The summed E-state index contributed by atoms with van der Waals surface area (Å²) in [5.74, 6) is 0. The zero-order valence-electron chi connectivity index (χ0n) is 9.54. The van der Waals surface area contributed by atoms with E-state index in [0.717, 1.165) is 17.9 Å². The first-order valence-corrected chi connectivity index (χ1v) is 5.78. The smallest absolute Gasteiger partial charge is 0.101 e. The van der Waals surface area contributed by atoms with Gasteiger partial charge in [-0.05, 0) is 5.56 Å². The number of hydrogen-bond donors (Lipinski definition) is 1. The van der Waals surface area contributed by atoms with E-state index < -0.39 is 0 Å². The monoisotopic (exact) mass is 229 g/mol. The molecule has 2 aromatic rings. The van der Waals surface area contributed by atoms with Crippen molar-refractivity contribution in [3.63, 3.8) is 0 Å². The molecule has 1 unspecified atom stereocenters. The Kier molecular flexibility index (Phi) is 2.66. The van der Waals surface area contributed by atoms with Crippen LogP contribution in [0, 0.1) is 0 Å². The van der Waals surface area contributed by atoms with Gasteiger partial charge in [-0.1, -0.05) is 30.3 Å². The van der Waals surface area contributed by atoms with E-state index in [0.29, 0.717) is 13.2 Å². The Morgan fingerprint density at radius 1 is 1.35 bits per heavy atom. The summed E-state index contributed by atoms with van der Waals surface area (Å²) in [4.78, 5) is 4.30. The van der Waals surface area contributed by atoms with Crippen LogP contribution in [0.5, 0.6) is 0 Å². The van der Waals surface area contributed by atoms with Gasteiger partial charge in [-0.15, -0.1) is 0 Å². The van der Waals surface area contributed by atoms with Gasteiger partial charge in [-0.2, -0.15) is 0 Å². The predicted octanol–water partition coefficient (Wildman–Crippen LogP) is 1.61. The number of hydrogen-bond acceptors (Lipinski definition) is 3. The van der Waals surface area contributed by atoms with E-state index in [2.05, 4.69) is 21.7 Å². The molecule has 0 amide bonds. The summed E-state index contributed by atoms with van der Waals surface area (Å²) >= 11 is 0. The summed E-state index contributed by atoms with van der Waals surface area (Å²) in [5, 5.41) is 0. The fourth-order valence-electron chi connectivity index (χ4n) is 2.22. The van der Waals surface area contributed by atoms with E-state index in [-0.39, 0.29) is 6.10 Å². The zero-order valence-corrected chi connectivity index (χ0v) is 9.54. The van der Waals surface area contributed by atoms with Crippen LogP contribution in [0.3, 0.4) is 0 Å². The molecule has 0 aliphatic carbocycles. The maximum Gasteiger partial charge on any atom is 0.101 e. The quantitative estimate of drug-likeness (QED) is 0.851. The third-order valence-electron chi connectivity index (χ3n) is 3.18. The van der Waals surface area contributed by atoms with Crippen LogP contribution in [0.1, 0.15) is 23.1 Å². The van der Waals surface area contributed by atoms with Crippen molar-refractivity contribution in [2.24, 2.45) is 5.73 Å². The highest BCUT2D eigenvalue weighted by molar-refractivity contribution is 5.20. The van der Waals surface area contributed by atoms with Crippen LogP contribution in [-0.4, -0.2) is 9.55 Å². The van der Waals surface area contributed by atoms with Crippen molar-refractivity contribution < 1.29 is 4.74 Å². The lowest BCUT2D eigenvalue weighted by Crippen LogP contribution is -2.21. The predicted molar refractivity (Wildman–Crippen MR) is 64.1 cm³/mol. The third-order valence-corrected chi connectivity index (χ3v) is 3.18. The second-order valence-corrected chi connectivity index (χ2v) is 4.20. The lowest BCUT2D eigenvalue weighted by Gasteiger charge is -2.25. The molecule has 1 atom stereocenters. The first-order valence-electron chi connectivity index (χ1n) is 5.78. The Hall–Kier alpha value is -1.65. The molecular weight excluding hydrogens is 214 g/mol. The first-order chi connectivity index (χ1) is 8.38. The average Bonchev–Trinajstić information content (AvgIpc) is 2.81. The minimum atomic E-state index is 0.114. The second-order valence-electron chi connectivity index (χ2n) is 4.20. The van der Waals surface area contributed by atoms with Crippen molar-refractivity contribution in [2.75, 3.05) is 0 Å². The van der Waals surface area contributed by atoms with Crippen LogP contribution >= 0.6 is 0 Å². The normalized spacial score (nSPS) is 19.0. The minimum absolute atomic E-state index is 0.114. The van der Waals surface area contributed by atoms with Gasteiger partial charge in [0.05, 0.1) is 30.9 Å². The van der Waals surface area contributed by atoms with Gasteiger partial charge in [-0.3, -0.25) is 0 Å². The molecule has 2 heterocycles. The molecule has 1 aromatic heterocycles. The molecule has 0 saturated heterocycles. The molecule has 0 fully saturated rings. The summed E-state index contributed by atoms with van der Waals surface area (Å²) in [6, 6.07) is 10.3. The number of nitrogens with zero attached hydrogens (tertiary/aromatic N) is 2. The SMILES string of the molecule is NCc1ncn2c1COC(c1ccccc1)C2. The van der Waals surface area contributed by atoms with Gasteiger partial charge < -0.3 is 15.0 Å². The van der Waals surface area contributed by atoms with Crippen molar-refractivity contribution in [1.82, 2.24) is 9.55 Å². The van der Waals surface area contributed by atoms with E-state index in [1.54, 1.807) is 0 Å². The number of ether oxygens (including phenoxy) is 1. The van der Waals surface area contributed by atoms with E-state index in [4.69, 9.17) is 10.5 Å². The van der Waals surface area contributed by atoms with Gasteiger partial charge >= 0.3 is 0 Å². The van der Waals surface area contributed by atoms with Crippen LogP contribution < -0.4 is 5.73 Å². The van der Waals surface area contributed by atoms with Gasteiger partial charge in [0.2, 0.25) is 0 Å². The molecule has 0 bridgehead atoms. The van der Waals surface area contributed by atoms with Crippen molar-refractivity contribution >= 4 is 0 Å². The molecule has 4 nitrogen and oxygen atoms in total.